The van der Waals surface area contributed by atoms with Crippen LogP contribution in [0.5, 0.6) is 0 Å². The third-order valence-corrected chi connectivity index (χ3v) is 3.55. The van der Waals surface area contributed by atoms with Crippen LogP contribution >= 0.6 is 0 Å². The van der Waals surface area contributed by atoms with Crippen LogP contribution < -0.4 is 5.32 Å². The largest absolute Gasteiger partial charge is 0.307 e. The summed E-state index contributed by atoms with van der Waals surface area (Å²) in [6.07, 6.45) is 4.93. The molecule has 1 aliphatic rings. The van der Waals surface area contributed by atoms with Gasteiger partial charge < -0.3 is 5.32 Å². The van der Waals surface area contributed by atoms with Gasteiger partial charge in [-0.3, -0.25) is 0 Å². The Morgan fingerprint density at radius 3 is 2.50 bits per heavy atom. The number of nitrogens with one attached hydrogen (secondary N) is 1. The van der Waals surface area contributed by atoms with Crippen molar-refractivity contribution in [3.63, 3.8) is 0 Å². The van der Waals surface area contributed by atoms with Crippen molar-refractivity contribution in [3.8, 4) is 0 Å². The number of rotatable bonds is 5. The van der Waals surface area contributed by atoms with E-state index >= 15 is 0 Å². The van der Waals surface area contributed by atoms with Gasteiger partial charge in [-0.15, -0.1) is 0 Å². The quantitative estimate of drug-likeness (QED) is 0.804. The van der Waals surface area contributed by atoms with Gasteiger partial charge in [-0.05, 0) is 24.3 Å². The normalized spacial score (nSPS) is 18.8. The molecule has 88 valence electrons. The highest BCUT2D eigenvalue weighted by Gasteiger charge is 2.24. The molecule has 0 radical (unpaired) electrons. The van der Waals surface area contributed by atoms with Crippen molar-refractivity contribution in [2.24, 2.45) is 5.92 Å². The van der Waals surface area contributed by atoms with Gasteiger partial charge in [0.25, 0.3) is 0 Å². The molecular weight excluding hydrogens is 201 g/mol. The fourth-order valence-corrected chi connectivity index (χ4v) is 2.55. The average molecular weight is 221 g/mol. The summed E-state index contributed by atoms with van der Waals surface area (Å²) in [6.45, 7) is 0.545. The van der Waals surface area contributed by atoms with Gasteiger partial charge in [0, 0.05) is 12.6 Å². The molecule has 0 aliphatic heterocycles. The van der Waals surface area contributed by atoms with Crippen molar-refractivity contribution >= 4 is 0 Å². The molecule has 1 aromatic carbocycles. The van der Waals surface area contributed by atoms with E-state index in [9.17, 15) is 4.39 Å². The topological polar surface area (TPSA) is 12.0 Å². The summed E-state index contributed by atoms with van der Waals surface area (Å²) in [7, 11) is 0. The summed E-state index contributed by atoms with van der Waals surface area (Å²) < 4.78 is 12.9. The van der Waals surface area contributed by atoms with Crippen molar-refractivity contribution in [2.75, 3.05) is 6.67 Å². The summed E-state index contributed by atoms with van der Waals surface area (Å²) in [6, 6.07) is 10.3. The van der Waals surface area contributed by atoms with Crippen LogP contribution in [0.4, 0.5) is 4.39 Å². The molecule has 0 saturated heterocycles. The minimum absolute atomic E-state index is 0.0581. The lowest BCUT2D eigenvalue weighted by atomic mass is 9.99. The standard InChI is InChI=1S/C14H20FN/c15-10-14(13-8-4-5-9-13)16-11-12-6-2-1-3-7-12/h1-3,6-7,13-14,16H,4-5,8-11H2. The van der Waals surface area contributed by atoms with Gasteiger partial charge in [0.2, 0.25) is 0 Å². The third-order valence-electron chi connectivity index (χ3n) is 3.55. The third kappa shape index (κ3) is 3.05. The van der Waals surface area contributed by atoms with E-state index in [1.54, 1.807) is 0 Å². The van der Waals surface area contributed by atoms with E-state index in [2.05, 4.69) is 17.4 Å². The molecule has 1 aliphatic carbocycles. The second kappa shape index (κ2) is 6.00. The highest BCUT2D eigenvalue weighted by atomic mass is 19.1. The summed E-state index contributed by atoms with van der Waals surface area (Å²) in [5.74, 6) is 0.550. The molecule has 1 N–H and O–H groups in total. The molecule has 1 fully saturated rings. The molecule has 0 heterocycles. The Morgan fingerprint density at radius 1 is 1.19 bits per heavy atom. The summed E-state index contributed by atoms with van der Waals surface area (Å²) in [4.78, 5) is 0. The smallest absolute Gasteiger partial charge is 0.105 e. The van der Waals surface area contributed by atoms with Crippen LogP contribution in [0.15, 0.2) is 30.3 Å². The minimum atomic E-state index is -0.239. The van der Waals surface area contributed by atoms with Gasteiger partial charge in [-0.25, -0.2) is 4.39 Å². The van der Waals surface area contributed by atoms with Crippen LogP contribution in [0.2, 0.25) is 0 Å². The molecule has 1 saturated carbocycles. The van der Waals surface area contributed by atoms with Crippen LogP contribution in [0.25, 0.3) is 0 Å². The predicted molar refractivity (Wildman–Crippen MR) is 65.0 cm³/mol. The highest BCUT2D eigenvalue weighted by Crippen LogP contribution is 2.28. The lowest BCUT2D eigenvalue weighted by Crippen LogP contribution is -2.36. The second-order valence-corrected chi connectivity index (χ2v) is 4.67. The predicted octanol–water partition coefficient (Wildman–Crippen LogP) is 3.30. The molecule has 1 nitrogen and oxygen atoms in total. The number of hydrogen-bond donors (Lipinski definition) is 1. The van der Waals surface area contributed by atoms with Crippen molar-refractivity contribution < 1.29 is 4.39 Å². The monoisotopic (exact) mass is 221 g/mol. The van der Waals surface area contributed by atoms with Gasteiger partial charge in [0.1, 0.15) is 6.67 Å². The fourth-order valence-electron chi connectivity index (χ4n) is 2.55. The number of alkyl halides is 1. The maximum atomic E-state index is 12.9. The number of halogens is 1. The molecule has 16 heavy (non-hydrogen) atoms. The zero-order chi connectivity index (χ0) is 11.2. The Balaban J connectivity index is 1.83. The van der Waals surface area contributed by atoms with E-state index in [0.717, 1.165) is 6.54 Å². The van der Waals surface area contributed by atoms with Crippen LogP contribution in [-0.2, 0) is 6.54 Å². The van der Waals surface area contributed by atoms with Gasteiger partial charge in [-0.1, -0.05) is 43.2 Å². The molecule has 0 aromatic heterocycles. The first-order valence-corrected chi connectivity index (χ1v) is 6.23. The summed E-state index contributed by atoms with van der Waals surface area (Å²) >= 11 is 0. The molecule has 1 aromatic rings. The zero-order valence-electron chi connectivity index (χ0n) is 9.66. The van der Waals surface area contributed by atoms with E-state index in [4.69, 9.17) is 0 Å². The van der Waals surface area contributed by atoms with Crippen molar-refractivity contribution in [1.82, 2.24) is 5.32 Å². The van der Waals surface area contributed by atoms with E-state index in [1.165, 1.54) is 31.2 Å². The zero-order valence-corrected chi connectivity index (χ0v) is 9.66. The SMILES string of the molecule is FCC(NCc1ccccc1)C1CCCC1. The first-order valence-electron chi connectivity index (χ1n) is 6.23. The first-order chi connectivity index (χ1) is 7.90. The lowest BCUT2D eigenvalue weighted by molar-refractivity contribution is 0.285. The van der Waals surface area contributed by atoms with Crippen molar-refractivity contribution in [3.05, 3.63) is 35.9 Å². The molecule has 0 spiro atoms. The summed E-state index contributed by atoms with van der Waals surface area (Å²) in [5.41, 5.74) is 1.24. The summed E-state index contributed by atoms with van der Waals surface area (Å²) in [5, 5.41) is 3.35. The Kier molecular flexibility index (Phi) is 4.34. The maximum Gasteiger partial charge on any atom is 0.105 e. The first kappa shape index (κ1) is 11.6. The fraction of sp³-hybridized carbons (Fsp3) is 0.571. The van der Waals surface area contributed by atoms with E-state index in [-0.39, 0.29) is 12.7 Å². The Morgan fingerprint density at radius 2 is 1.88 bits per heavy atom. The number of hydrogen-bond acceptors (Lipinski definition) is 1. The minimum Gasteiger partial charge on any atom is -0.307 e. The van der Waals surface area contributed by atoms with Crippen LogP contribution in [-0.4, -0.2) is 12.7 Å². The van der Waals surface area contributed by atoms with Gasteiger partial charge in [0.15, 0.2) is 0 Å². The Hall–Kier alpha value is -0.890. The second-order valence-electron chi connectivity index (χ2n) is 4.67. The Bertz CT molecular complexity index is 293. The van der Waals surface area contributed by atoms with Crippen molar-refractivity contribution in [1.29, 1.82) is 0 Å². The van der Waals surface area contributed by atoms with Crippen LogP contribution in [0, 0.1) is 5.92 Å². The van der Waals surface area contributed by atoms with E-state index < -0.39 is 0 Å². The van der Waals surface area contributed by atoms with Crippen LogP contribution in [0.3, 0.4) is 0 Å². The van der Waals surface area contributed by atoms with E-state index in [1.807, 2.05) is 18.2 Å². The molecule has 1 unspecified atom stereocenters. The highest BCUT2D eigenvalue weighted by molar-refractivity contribution is 5.14. The molecule has 0 bridgehead atoms. The van der Waals surface area contributed by atoms with Crippen LogP contribution in [0.1, 0.15) is 31.2 Å². The Labute approximate surface area is 97.1 Å². The van der Waals surface area contributed by atoms with Gasteiger partial charge in [0.05, 0.1) is 0 Å². The molecule has 1 atom stereocenters. The maximum absolute atomic E-state index is 12.9. The molecule has 0 amide bonds. The lowest BCUT2D eigenvalue weighted by Gasteiger charge is -2.21. The van der Waals surface area contributed by atoms with Gasteiger partial charge in [-0.2, -0.15) is 0 Å². The number of benzene rings is 1. The molecular formula is C14H20FN. The van der Waals surface area contributed by atoms with Crippen molar-refractivity contribution in [2.45, 2.75) is 38.3 Å². The molecule has 2 rings (SSSR count). The van der Waals surface area contributed by atoms with E-state index in [0.29, 0.717) is 5.92 Å². The average Bonchev–Trinajstić information content (AvgIpc) is 2.85. The molecule has 2 heteroatoms. The van der Waals surface area contributed by atoms with Gasteiger partial charge >= 0.3 is 0 Å².